The average molecular weight is 290 g/mol. The first-order chi connectivity index (χ1) is 9.49. The van der Waals surface area contributed by atoms with E-state index in [2.05, 4.69) is 10.1 Å². The zero-order chi connectivity index (χ0) is 14.4. The molecule has 104 valence electrons. The van der Waals surface area contributed by atoms with E-state index in [0.717, 1.165) is 22.4 Å². The zero-order valence-electron chi connectivity index (χ0n) is 11.5. The number of rotatable bonds is 2. The molecule has 0 aliphatic rings. The van der Waals surface area contributed by atoms with Crippen LogP contribution in [0.3, 0.4) is 0 Å². The van der Waals surface area contributed by atoms with Gasteiger partial charge in [0.25, 0.3) is 0 Å². The van der Waals surface area contributed by atoms with Crippen LogP contribution in [0.15, 0.2) is 24.3 Å². The molecule has 0 fully saturated rings. The summed E-state index contributed by atoms with van der Waals surface area (Å²) in [6, 6.07) is 6.50. The molecule has 0 saturated heterocycles. The minimum Gasteiger partial charge on any atom is -0.328 e. The molecule has 2 heterocycles. The van der Waals surface area contributed by atoms with Crippen LogP contribution in [0.1, 0.15) is 24.2 Å². The molecule has 20 heavy (non-hydrogen) atoms. The van der Waals surface area contributed by atoms with Crippen molar-refractivity contribution in [2.45, 2.75) is 19.9 Å². The van der Waals surface area contributed by atoms with E-state index in [1.54, 1.807) is 12.1 Å². The van der Waals surface area contributed by atoms with E-state index >= 15 is 0 Å². The molecule has 1 unspecified atom stereocenters. The number of aryl methyl sites for hydroxylation is 2. The third kappa shape index (κ3) is 1.87. The number of aromatic amines is 1. The van der Waals surface area contributed by atoms with E-state index in [1.807, 2.05) is 30.1 Å². The van der Waals surface area contributed by atoms with Crippen molar-refractivity contribution in [1.29, 1.82) is 0 Å². The van der Waals surface area contributed by atoms with E-state index in [4.69, 9.17) is 12.2 Å². The van der Waals surface area contributed by atoms with Gasteiger partial charge in [-0.2, -0.15) is 5.10 Å². The van der Waals surface area contributed by atoms with Gasteiger partial charge in [-0.05, 0) is 43.8 Å². The van der Waals surface area contributed by atoms with Gasteiger partial charge in [-0.25, -0.2) is 4.39 Å². The van der Waals surface area contributed by atoms with Crippen LogP contribution in [0, 0.1) is 17.5 Å². The molecule has 6 heteroatoms. The fraction of sp³-hybridized carbons (Fsp3) is 0.286. The Bertz CT molecular complexity index is 825. The molecule has 0 aliphatic carbocycles. The summed E-state index contributed by atoms with van der Waals surface area (Å²) in [5.74, 6) is -0.236. The Morgan fingerprint density at radius 2 is 1.95 bits per heavy atom. The minimum absolute atomic E-state index is 0.00616. The molecular formula is C14H15FN4S. The first-order valence-electron chi connectivity index (χ1n) is 6.38. The van der Waals surface area contributed by atoms with Crippen LogP contribution in [0.4, 0.5) is 4.39 Å². The molecule has 0 amide bonds. The van der Waals surface area contributed by atoms with Gasteiger partial charge in [-0.15, -0.1) is 0 Å². The average Bonchev–Trinajstić information content (AvgIpc) is 2.88. The van der Waals surface area contributed by atoms with Gasteiger partial charge < -0.3 is 4.98 Å². The van der Waals surface area contributed by atoms with Crippen LogP contribution in [0.5, 0.6) is 0 Å². The number of H-pyrrole nitrogens is 1. The summed E-state index contributed by atoms with van der Waals surface area (Å²) >= 11 is 5.42. The molecule has 1 aromatic carbocycles. The topological polar surface area (TPSA) is 38.5 Å². The third-order valence-electron chi connectivity index (χ3n) is 3.61. The van der Waals surface area contributed by atoms with Gasteiger partial charge in [0, 0.05) is 7.05 Å². The molecular weight excluding hydrogens is 275 g/mol. The quantitative estimate of drug-likeness (QED) is 0.734. The molecule has 0 aliphatic heterocycles. The number of fused-ring (bicyclic) bond motifs is 1. The maximum Gasteiger partial charge on any atom is 0.179 e. The van der Waals surface area contributed by atoms with Crippen molar-refractivity contribution in [1.82, 2.24) is 19.3 Å². The van der Waals surface area contributed by atoms with E-state index in [0.29, 0.717) is 4.77 Å². The number of nitrogens with zero attached hydrogens (tertiary/aromatic N) is 3. The summed E-state index contributed by atoms with van der Waals surface area (Å²) in [6.45, 7) is 3.99. The lowest BCUT2D eigenvalue weighted by atomic mass is 10.1. The van der Waals surface area contributed by atoms with E-state index in [-0.39, 0.29) is 11.9 Å². The highest BCUT2D eigenvalue weighted by Gasteiger charge is 2.18. The predicted molar refractivity (Wildman–Crippen MR) is 78.8 cm³/mol. The molecule has 0 radical (unpaired) electrons. The second kappa shape index (κ2) is 4.56. The zero-order valence-corrected chi connectivity index (χ0v) is 12.3. The summed E-state index contributed by atoms with van der Waals surface area (Å²) in [5, 5.41) is 4.40. The van der Waals surface area contributed by atoms with Gasteiger partial charge in [-0.3, -0.25) is 9.25 Å². The smallest absolute Gasteiger partial charge is 0.179 e. The van der Waals surface area contributed by atoms with Crippen molar-refractivity contribution >= 4 is 23.4 Å². The predicted octanol–water partition coefficient (Wildman–Crippen LogP) is 3.49. The maximum absolute atomic E-state index is 13.0. The number of imidazole rings is 1. The monoisotopic (exact) mass is 290 g/mol. The molecule has 0 bridgehead atoms. The van der Waals surface area contributed by atoms with Crippen LogP contribution in [-0.2, 0) is 7.05 Å². The van der Waals surface area contributed by atoms with Crippen LogP contribution in [0.25, 0.3) is 11.2 Å². The summed E-state index contributed by atoms with van der Waals surface area (Å²) in [5.41, 5.74) is 3.82. The SMILES string of the molecule is Cc1nn(C)c2c1[nH]c(=S)n2C(C)c1ccc(F)cc1. The maximum atomic E-state index is 13.0. The normalized spacial score (nSPS) is 13.0. The summed E-state index contributed by atoms with van der Waals surface area (Å²) in [6.07, 6.45) is 0. The van der Waals surface area contributed by atoms with Gasteiger partial charge in [-0.1, -0.05) is 12.1 Å². The highest BCUT2D eigenvalue weighted by Crippen LogP contribution is 2.25. The lowest BCUT2D eigenvalue weighted by molar-refractivity contribution is 0.608. The first-order valence-corrected chi connectivity index (χ1v) is 6.79. The fourth-order valence-electron chi connectivity index (χ4n) is 2.58. The van der Waals surface area contributed by atoms with Gasteiger partial charge >= 0.3 is 0 Å². The number of aromatic nitrogens is 4. The summed E-state index contributed by atoms with van der Waals surface area (Å²) < 4.78 is 17.5. The molecule has 4 nitrogen and oxygen atoms in total. The second-order valence-corrected chi connectivity index (χ2v) is 5.32. The Morgan fingerprint density at radius 3 is 2.60 bits per heavy atom. The van der Waals surface area contributed by atoms with Crippen molar-refractivity contribution in [3.8, 4) is 0 Å². The largest absolute Gasteiger partial charge is 0.328 e. The highest BCUT2D eigenvalue weighted by atomic mass is 32.1. The van der Waals surface area contributed by atoms with E-state index < -0.39 is 0 Å². The van der Waals surface area contributed by atoms with Gasteiger partial charge in [0.15, 0.2) is 10.4 Å². The van der Waals surface area contributed by atoms with Crippen LogP contribution >= 0.6 is 12.2 Å². The molecule has 2 aromatic heterocycles. The summed E-state index contributed by atoms with van der Waals surface area (Å²) in [7, 11) is 1.89. The third-order valence-corrected chi connectivity index (χ3v) is 3.91. The number of halogens is 1. The van der Waals surface area contributed by atoms with Gasteiger partial charge in [0.05, 0.1) is 11.7 Å². The Hall–Kier alpha value is -1.95. The Morgan fingerprint density at radius 1 is 1.30 bits per heavy atom. The van der Waals surface area contributed by atoms with Crippen LogP contribution in [-0.4, -0.2) is 19.3 Å². The fourth-order valence-corrected chi connectivity index (χ4v) is 2.93. The Labute approximate surface area is 120 Å². The molecule has 1 N–H and O–H groups in total. The van der Waals surface area contributed by atoms with Gasteiger partial charge in [0.2, 0.25) is 0 Å². The van der Waals surface area contributed by atoms with Crippen molar-refractivity contribution in [2.24, 2.45) is 7.05 Å². The van der Waals surface area contributed by atoms with Crippen molar-refractivity contribution in [3.63, 3.8) is 0 Å². The second-order valence-electron chi connectivity index (χ2n) is 4.94. The van der Waals surface area contributed by atoms with Crippen molar-refractivity contribution < 1.29 is 4.39 Å². The first kappa shape index (κ1) is 13.1. The lowest BCUT2D eigenvalue weighted by Crippen LogP contribution is -2.09. The lowest BCUT2D eigenvalue weighted by Gasteiger charge is -2.15. The standard InChI is InChI=1S/C14H15FN4S/c1-8-12-13(18(3)17-8)19(14(20)16-12)9(2)10-4-6-11(15)7-5-10/h4-7,9H,1-3H3,(H,16,20). The molecule has 3 rings (SSSR count). The summed E-state index contributed by atoms with van der Waals surface area (Å²) in [4.78, 5) is 3.20. The van der Waals surface area contributed by atoms with E-state index in [1.165, 1.54) is 12.1 Å². The molecule has 3 aromatic rings. The van der Waals surface area contributed by atoms with Crippen molar-refractivity contribution in [2.75, 3.05) is 0 Å². The van der Waals surface area contributed by atoms with Crippen molar-refractivity contribution in [3.05, 3.63) is 46.1 Å². The number of benzene rings is 1. The molecule has 0 spiro atoms. The minimum atomic E-state index is -0.236. The highest BCUT2D eigenvalue weighted by molar-refractivity contribution is 7.71. The molecule has 1 atom stereocenters. The Balaban J connectivity index is 2.21. The van der Waals surface area contributed by atoms with Crippen LogP contribution in [0.2, 0.25) is 0 Å². The van der Waals surface area contributed by atoms with Gasteiger partial charge in [0.1, 0.15) is 11.3 Å². The number of nitrogens with one attached hydrogen (secondary N) is 1. The molecule has 0 saturated carbocycles. The van der Waals surface area contributed by atoms with E-state index in [9.17, 15) is 4.39 Å². The number of hydrogen-bond acceptors (Lipinski definition) is 2. The number of hydrogen-bond donors (Lipinski definition) is 1. The van der Waals surface area contributed by atoms with Crippen LogP contribution < -0.4 is 0 Å². The Kier molecular flexibility index (Phi) is 2.97.